The molecule has 0 aromatic rings. The third kappa shape index (κ3) is 38.4. The van der Waals surface area contributed by atoms with Gasteiger partial charge in [-0.1, -0.05) is 78.9 Å². The van der Waals surface area contributed by atoms with Gasteiger partial charge in [-0.15, -0.1) is 0 Å². The zero-order chi connectivity index (χ0) is 95.9. The molecule has 708 valence electrons. The normalized spacial score (nSPS) is 22.2. The average Bonchev–Trinajstić information content (AvgIpc) is 0.803. The summed E-state index contributed by atoms with van der Waals surface area (Å²) in [6, 6.07) is 0. The summed E-state index contributed by atoms with van der Waals surface area (Å²) in [6.07, 6.45) is -10.8. The first-order chi connectivity index (χ1) is 59.3. The van der Waals surface area contributed by atoms with Crippen molar-refractivity contribution in [2.24, 2.45) is 11.5 Å². The summed E-state index contributed by atoms with van der Waals surface area (Å²) in [5.74, 6) is -7.70. The smallest absolute Gasteiger partial charge is 0.333 e. The molecule has 4 rings (SSSR count). The van der Waals surface area contributed by atoms with Gasteiger partial charge in [-0.2, -0.15) is 0 Å². The van der Waals surface area contributed by atoms with Crippen LogP contribution in [0.4, 0.5) is 0 Å². The fourth-order valence-electron chi connectivity index (χ4n) is 10.7. The standard InChI is InChI=1S/C21H34N4O8.C21H33N3O9.C18H28N4O8.C18H27N3O9/c1-13(2)16(26)31-10-7-23-19(22)24(8-11-32-17(27)14(3)4)21(30)25(20(23)29)9-12-33-18(28)15(5)6;1-13(2)16(25)31-10-7-22-19(28)23(8-11-32-17(26)14(3)4)21(30)24(20(22)29)9-12-33-18(27)15(5)6;1-4-13(23)28-10-7-20-16(19)21(8-11-29-14(24)5-2)18(27)22(17(20)26)9-12-30-15(25)6-3;1-4-13(22)28-10-7-19-16(25)20(8-11-29-14(23)5-2)18(27)21(17(19)26)9-12-30-15(24)6-3/h19-21,29-30H,1,3,5,7-12,22H2,2,4,6H3;19-21,28-30H,1,3,5,7-12H2,2,4,6H3;4-6,16-18,26-27H,1-3,7-12,19H2;4-6,16-18,25-27H,1-3,7-12H2. The number of ether oxygens (including phenoxy) is 12. The molecule has 0 amide bonds. The molecule has 48 heteroatoms. The fourth-order valence-corrected chi connectivity index (χ4v) is 10.7. The lowest BCUT2D eigenvalue weighted by Gasteiger charge is -2.52. The van der Waals surface area contributed by atoms with Gasteiger partial charge in [-0.3, -0.25) is 0 Å². The van der Waals surface area contributed by atoms with Crippen LogP contribution in [0.2, 0.25) is 0 Å². The van der Waals surface area contributed by atoms with Crippen molar-refractivity contribution < 1.29 is 165 Å². The summed E-state index contributed by atoms with van der Waals surface area (Å²) < 4.78 is 59.6. The van der Waals surface area contributed by atoms with E-state index in [9.17, 15) is 109 Å². The van der Waals surface area contributed by atoms with Gasteiger partial charge in [0.2, 0.25) is 0 Å². The number of aliphatic hydroxyl groups excluding tert-OH is 10. The zero-order valence-electron chi connectivity index (χ0n) is 71.6. The first-order valence-electron chi connectivity index (χ1n) is 38.4. The second-order valence-corrected chi connectivity index (χ2v) is 26.9. The van der Waals surface area contributed by atoms with Gasteiger partial charge in [0, 0.05) is 148 Å². The van der Waals surface area contributed by atoms with Crippen LogP contribution >= 0.6 is 0 Å². The highest BCUT2D eigenvalue weighted by molar-refractivity contribution is 5.89. The van der Waals surface area contributed by atoms with Crippen LogP contribution in [0.3, 0.4) is 0 Å². The number of nitrogens with two attached hydrogens (primary N) is 2. The molecular weight excluding hydrogens is 1680 g/mol. The first-order valence-corrected chi connectivity index (χ1v) is 38.4. The Labute approximate surface area is 729 Å². The molecule has 0 spiro atoms. The lowest BCUT2D eigenvalue weighted by Crippen LogP contribution is -2.74. The summed E-state index contributed by atoms with van der Waals surface area (Å²) in [7, 11) is 0. The van der Waals surface area contributed by atoms with Gasteiger partial charge < -0.3 is 119 Å². The van der Waals surface area contributed by atoms with Gasteiger partial charge in [-0.05, 0) is 41.5 Å². The second-order valence-electron chi connectivity index (χ2n) is 26.9. The molecule has 48 nitrogen and oxygen atoms in total. The highest BCUT2D eigenvalue weighted by atomic mass is 16.6. The van der Waals surface area contributed by atoms with Crippen molar-refractivity contribution in [1.82, 2.24) is 58.8 Å². The number of esters is 12. The molecule has 4 fully saturated rings. The molecule has 4 saturated heterocycles. The van der Waals surface area contributed by atoms with E-state index in [2.05, 4.69) is 78.9 Å². The van der Waals surface area contributed by atoms with Crippen LogP contribution in [0, 0.1) is 0 Å². The molecule has 4 unspecified atom stereocenters. The molecule has 4 aliphatic heterocycles. The van der Waals surface area contributed by atoms with Crippen molar-refractivity contribution >= 4 is 71.6 Å². The highest BCUT2D eigenvalue weighted by Gasteiger charge is 2.48. The molecule has 0 radical (unpaired) electrons. The molecule has 0 bridgehead atoms. The second kappa shape index (κ2) is 59.5. The molecule has 14 N–H and O–H groups in total. The Kier molecular flexibility index (Phi) is 53.6. The molecule has 4 aliphatic rings. The molecule has 0 aromatic heterocycles. The average molecular weight is 1800 g/mol. The number of hydrogen-bond acceptors (Lipinski definition) is 48. The summed E-state index contributed by atoms with van der Waals surface area (Å²) in [4.78, 5) is 152. The van der Waals surface area contributed by atoms with Gasteiger partial charge in [0.15, 0.2) is 63.5 Å². The number of carbonyl (C=O) groups excluding carboxylic acids is 12. The Morgan fingerprint density at radius 3 is 0.413 bits per heavy atom. The maximum Gasteiger partial charge on any atom is 0.333 e. The van der Waals surface area contributed by atoms with Crippen molar-refractivity contribution in [3.8, 4) is 0 Å². The van der Waals surface area contributed by atoms with Crippen molar-refractivity contribution in [2.75, 3.05) is 158 Å². The molecular formula is C78H122N14O34. The molecule has 126 heavy (non-hydrogen) atoms. The number of nitrogens with zero attached hydrogens (tertiary/aromatic N) is 12. The quantitative estimate of drug-likeness (QED) is 0.0153. The maximum atomic E-state index is 11.6. The summed E-state index contributed by atoms with van der Waals surface area (Å²) in [6.45, 7) is 46.9. The number of aliphatic hydroxyl groups is 10. The third-order valence-electron chi connectivity index (χ3n) is 17.4. The van der Waals surface area contributed by atoms with E-state index in [4.69, 9.17) is 68.3 Å². The first kappa shape index (κ1) is 114. The third-order valence-corrected chi connectivity index (χ3v) is 17.4. The molecule has 4 atom stereocenters. The van der Waals surface area contributed by atoms with E-state index in [-0.39, 0.29) is 191 Å². The van der Waals surface area contributed by atoms with Gasteiger partial charge in [0.1, 0.15) is 91.9 Å². The minimum atomic E-state index is -1.52. The summed E-state index contributed by atoms with van der Waals surface area (Å²) >= 11 is 0. The van der Waals surface area contributed by atoms with E-state index in [1.807, 2.05) is 0 Å². The molecule has 0 aromatic carbocycles. The van der Waals surface area contributed by atoms with Gasteiger partial charge >= 0.3 is 71.6 Å². The number of rotatable bonds is 48. The van der Waals surface area contributed by atoms with Crippen LogP contribution in [0.15, 0.2) is 149 Å². The summed E-state index contributed by atoms with van der Waals surface area (Å²) in [5.41, 5.74) is 13.6. The van der Waals surface area contributed by atoms with Crippen molar-refractivity contribution in [1.29, 1.82) is 0 Å². The van der Waals surface area contributed by atoms with E-state index in [1.165, 1.54) is 70.9 Å². The van der Waals surface area contributed by atoms with E-state index >= 15 is 0 Å². The lowest BCUT2D eigenvalue weighted by molar-refractivity contribution is -0.342. The topological polar surface area (TPSA) is 609 Å². The van der Waals surface area contributed by atoms with E-state index in [0.717, 1.165) is 65.9 Å². The van der Waals surface area contributed by atoms with E-state index < -0.39 is 148 Å². The Morgan fingerprint density at radius 1 is 0.214 bits per heavy atom. The molecule has 0 aliphatic carbocycles. The van der Waals surface area contributed by atoms with Crippen molar-refractivity contribution in [3.05, 3.63) is 149 Å². The Hall–Kier alpha value is -10.4. The lowest BCUT2D eigenvalue weighted by atomic mass is 10.3. The van der Waals surface area contributed by atoms with Crippen LogP contribution in [0.5, 0.6) is 0 Å². The van der Waals surface area contributed by atoms with Gasteiger partial charge in [-0.25, -0.2) is 116 Å². The number of hydrogen-bond donors (Lipinski definition) is 12. The maximum absolute atomic E-state index is 11.6. The predicted octanol–water partition coefficient (Wildman–Crippen LogP) is -6.04. The molecule has 4 heterocycles. The zero-order valence-corrected chi connectivity index (χ0v) is 71.6. The van der Waals surface area contributed by atoms with Crippen LogP contribution in [-0.4, -0.2) is 415 Å². The van der Waals surface area contributed by atoms with Crippen LogP contribution in [-0.2, 0) is 114 Å². The number of carbonyl (C=O) groups is 12. The Bertz CT molecular complexity index is 3110. The van der Waals surface area contributed by atoms with Gasteiger partial charge in [0.25, 0.3) is 0 Å². The summed E-state index contributed by atoms with van der Waals surface area (Å²) in [5, 5.41) is 107. The van der Waals surface area contributed by atoms with E-state index in [1.54, 1.807) is 0 Å². The van der Waals surface area contributed by atoms with Crippen LogP contribution in [0.25, 0.3) is 0 Å². The van der Waals surface area contributed by atoms with Crippen LogP contribution in [0.1, 0.15) is 41.5 Å². The SMILES string of the molecule is C=C(C)C(=O)OCCN1C(N)N(CCOC(=O)C(=C)C)C(O)N(CCOC(=O)C(=C)C)C1O.C=C(C)C(=O)OCCN1C(O)N(CCOC(=O)C(=C)C)C(O)N(CCOC(=O)C(=C)C)C1O.C=CC(=O)OCCN1C(N)N(CCOC(=O)C=C)C(O)N(CCOC(=O)C=C)C1O.C=CC(=O)OCCN1C(O)N(CCOC(=O)C=C)C(O)N(CCOC(=O)C=C)C1O. The van der Waals surface area contributed by atoms with Crippen molar-refractivity contribution in [3.63, 3.8) is 0 Å². The predicted molar refractivity (Wildman–Crippen MR) is 438 cm³/mol. The van der Waals surface area contributed by atoms with Crippen molar-refractivity contribution in [2.45, 2.75) is 118 Å². The van der Waals surface area contributed by atoms with E-state index in [0.29, 0.717) is 0 Å². The molecule has 0 saturated carbocycles. The highest BCUT2D eigenvalue weighted by Crippen LogP contribution is 2.27. The minimum absolute atomic E-state index is 0.0121. The monoisotopic (exact) mass is 1800 g/mol. The fraction of sp³-hybridized carbons (Fsp3) is 0.538. The minimum Gasteiger partial charge on any atom is -0.461 e. The van der Waals surface area contributed by atoms with Gasteiger partial charge in [0.05, 0.1) is 0 Å². The Balaban J connectivity index is 0.000000841. The van der Waals surface area contributed by atoms with Crippen LogP contribution < -0.4 is 11.5 Å². The largest absolute Gasteiger partial charge is 0.461 e. The Morgan fingerprint density at radius 2 is 0.310 bits per heavy atom.